The van der Waals surface area contributed by atoms with Crippen molar-refractivity contribution in [3.63, 3.8) is 0 Å². The van der Waals surface area contributed by atoms with Crippen molar-refractivity contribution >= 4 is 27.0 Å². The van der Waals surface area contributed by atoms with Gasteiger partial charge in [0, 0.05) is 38.5 Å². The fourth-order valence-electron chi connectivity index (χ4n) is 3.82. The monoisotopic (exact) mass is 436 g/mol. The van der Waals surface area contributed by atoms with Gasteiger partial charge in [-0.15, -0.1) is 0 Å². The van der Waals surface area contributed by atoms with Crippen LogP contribution in [0.3, 0.4) is 0 Å². The number of imidazole rings is 1. The number of nitrogens with zero attached hydrogens (tertiary/aromatic N) is 3. The van der Waals surface area contributed by atoms with Gasteiger partial charge >= 0.3 is 0 Å². The number of ether oxygens (including phenoxy) is 1. The average Bonchev–Trinajstić information content (AvgIpc) is 3.13. The van der Waals surface area contributed by atoms with E-state index in [9.17, 15) is 13.2 Å². The van der Waals surface area contributed by atoms with Crippen molar-refractivity contribution in [2.24, 2.45) is 0 Å². The molecule has 30 heavy (non-hydrogen) atoms. The number of fused-ring (bicyclic) bond motifs is 1. The van der Waals surface area contributed by atoms with Crippen LogP contribution in [-0.4, -0.2) is 60.5 Å². The first kappa shape index (κ1) is 22.7. The lowest BCUT2D eigenvalue weighted by molar-refractivity contribution is -0.121. The second-order valence-corrected chi connectivity index (χ2v) is 9.46. The molecular formula is C21H32N4O4S. The summed E-state index contributed by atoms with van der Waals surface area (Å²) in [5, 5.41) is 3.05. The van der Waals surface area contributed by atoms with Crippen LogP contribution >= 0.6 is 0 Å². The summed E-state index contributed by atoms with van der Waals surface area (Å²) in [6, 6.07) is 5.30. The average molecular weight is 437 g/mol. The molecule has 1 fully saturated rings. The number of hydrogen-bond acceptors (Lipinski definition) is 5. The van der Waals surface area contributed by atoms with Gasteiger partial charge in [-0.1, -0.05) is 13.8 Å². The van der Waals surface area contributed by atoms with Crippen LogP contribution < -0.4 is 5.32 Å². The largest absolute Gasteiger partial charge is 0.379 e. The summed E-state index contributed by atoms with van der Waals surface area (Å²) >= 11 is 0. The molecule has 1 aromatic heterocycles. The van der Waals surface area contributed by atoms with E-state index in [2.05, 4.69) is 24.1 Å². The smallest absolute Gasteiger partial charge is 0.243 e. The summed E-state index contributed by atoms with van der Waals surface area (Å²) in [6.07, 6.45) is 2.70. The molecule has 9 heteroatoms. The topological polar surface area (TPSA) is 93.5 Å². The number of morpholine rings is 1. The number of sulfonamides is 1. The van der Waals surface area contributed by atoms with Gasteiger partial charge in [-0.05, 0) is 38.0 Å². The molecule has 166 valence electrons. The zero-order chi connectivity index (χ0) is 21.7. The lowest BCUT2D eigenvalue weighted by Gasteiger charge is -2.26. The van der Waals surface area contributed by atoms with E-state index in [1.54, 1.807) is 12.1 Å². The summed E-state index contributed by atoms with van der Waals surface area (Å²) in [7, 11) is -3.57. The van der Waals surface area contributed by atoms with Crippen molar-refractivity contribution in [1.29, 1.82) is 0 Å². The molecule has 0 radical (unpaired) electrons. The fourth-order valence-corrected chi connectivity index (χ4v) is 5.25. The lowest BCUT2D eigenvalue weighted by atomic mass is 10.1. The highest BCUT2D eigenvalue weighted by Crippen LogP contribution is 2.24. The minimum Gasteiger partial charge on any atom is -0.379 e. The van der Waals surface area contributed by atoms with Crippen molar-refractivity contribution in [3.05, 3.63) is 24.0 Å². The molecule has 1 saturated heterocycles. The minimum absolute atomic E-state index is 0.0222. The molecule has 0 aliphatic carbocycles. The Morgan fingerprint density at radius 1 is 1.20 bits per heavy atom. The van der Waals surface area contributed by atoms with Crippen molar-refractivity contribution in [1.82, 2.24) is 19.2 Å². The highest BCUT2D eigenvalue weighted by atomic mass is 32.2. The first-order valence-electron chi connectivity index (χ1n) is 10.8. The second-order valence-electron chi connectivity index (χ2n) is 7.52. The van der Waals surface area contributed by atoms with Crippen molar-refractivity contribution < 1.29 is 17.9 Å². The number of hydrogen-bond donors (Lipinski definition) is 1. The maximum absolute atomic E-state index is 12.9. The quantitative estimate of drug-likeness (QED) is 0.651. The van der Waals surface area contributed by atoms with Gasteiger partial charge in [-0.25, -0.2) is 13.4 Å². The molecule has 1 aliphatic rings. The van der Waals surface area contributed by atoms with Crippen LogP contribution in [0.5, 0.6) is 0 Å². The van der Waals surface area contributed by atoms with E-state index in [-0.39, 0.29) is 16.8 Å². The standard InChI is InChI=1S/C21H32N4O4S/c1-4-16(5-2)22-21(26)10-9-20-23-18-15-17(7-8-19(18)25(20)6-3)30(27,28)24-11-13-29-14-12-24/h7-8,15-16H,4-6,9-14H2,1-3H3,(H,22,26). The van der Waals surface area contributed by atoms with E-state index in [1.165, 1.54) is 4.31 Å². The minimum atomic E-state index is -3.57. The maximum Gasteiger partial charge on any atom is 0.243 e. The number of amides is 1. The molecule has 0 bridgehead atoms. The summed E-state index contributed by atoms with van der Waals surface area (Å²) in [5.41, 5.74) is 1.52. The number of nitrogens with one attached hydrogen (secondary N) is 1. The zero-order valence-electron chi connectivity index (χ0n) is 18.1. The van der Waals surface area contributed by atoms with Crippen molar-refractivity contribution in [2.45, 2.75) is 63.9 Å². The lowest BCUT2D eigenvalue weighted by Crippen LogP contribution is -2.40. The zero-order valence-corrected chi connectivity index (χ0v) is 18.9. The Balaban J connectivity index is 1.81. The maximum atomic E-state index is 12.9. The number of aryl methyl sites for hydroxylation is 2. The van der Waals surface area contributed by atoms with Gasteiger partial charge in [-0.2, -0.15) is 4.31 Å². The summed E-state index contributed by atoms with van der Waals surface area (Å²) in [5.74, 6) is 0.821. The van der Waals surface area contributed by atoms with Gasteiger partial charge in [0.2, 0.25) is 15.9 Å². The van der Waals surface area contributed by atoms with Crippen molar-refractivity contribution in [2.75, 3.05) is 26.3 Å². The Kier molecular flexibility index (Phi) is 7.49. The number of benzene rings is 1. The second kappa shape index (κ2) is 9.89. The van der Waals surface area contributed by atoms with E-state index in [1.807, 2.05) is 17.6 Å². The third kappa shape index (κ3) is 4.84. The molecule has 0 saturated carbocycles. The Morgan fingerprint density at radius 2 is 1.90 bits per heavy atom. The van der Waals surface area contributed by atoms with Gasteiger partial charge in [0.15, 0.2) is 0 Å². The Morgan fingerprint density at radius 3 is 2.53 bits per heavy atom. The molecule has 8 nitrogen and oxygen atoms in total. The predicted octanol–water partition coefficient (Wildman–Crippen LogP) is 2.31. The molecular weight excluding hydrogens is 404 g/mol. The SMILES string of the molecule is CCC(CC)NC(=O)CCc1nc2cc(S(=O)(=O)N3CCOCC3)ccc2n1CC. The Hall–Kier alpha value is -1.97. The van der Waals surface area contributed by atoms with Gasteiger partial charge in [-0.3, -0.25) is 4.79 Å². The Labute approximate surface area is 178 Å². The third-order valence-electron chi connectivity index (χ3n) is 5.65. The van der Waals surface area contributed by atoms with Crippen LogP contribution in [0, 0.1) is 0 Å². The number of carbonyl (C=O) groups excluding carboxylic acids is 1. The van der Waals surface area contributed by atoms with Crippen LogP contribution in [0.2, 0.25) is 0 Å². The summed E-state index contributed by atoms with van der Waals surface area (Å²) < 4.78 is 34.7. The van der Waals surface area contributed by atoms with E-state index in [0.717, 1.165) is 24.2 Å². The van der Waals surface area contributed by atoms with E-state index in [0.29, 0.717) is 51.2 Å². The molecule has 1 amide bonds. The summed E-state index contributed by atoms with van der Waals surface area (Å²) in [4.78, 5) is 17.2. The van der Waals surface area contributed by atoms with Gasteiger partial charge in [0.25, 0.3) is 0 Å². The summed E-state index contributed by atoms with van der Waals surface area (Å²) in [6.45, 7) is 8.40. The molecule has 1 aliphatic heterocycles. The fraction of sp³-hybridized carbons (Fsp3) is 0.619. The van der Waals surface area contributed by atoms with E-state index in [4.69, 9.17) is 4.74 Å². The molecule has 2 aromatic rings. The van der Waals surface area contributed by atoms with Crippen LogP contribution in [0.15, 0.2) is 23.1 Å². The number of aromatic nitrogens is 2. The Bertz CT molecular complexity index is 976. The molecule has 0 unspecified atom stereocenters. The third-order valence-corrected chi connectivity index (χ3v) is 7.54. The van der Waals surface area contributed by atoms with Crippen molar-refractivity contribution in [3.8, 4) is 0 Å². The molecule has 2 heterocycles. The van der Waals surface area contributed by atoms with Crippen LogP contribution in [0.1, 0.15) is 45.9 Å². The van der Waals surface area contributed by atoms with Gasteiger partial charge in [0.1, 0.15) is 5.82 Å². The molecule has 3 rings (SSSR count). The first-order valence-corrected chi connectivity index (χ1v) is 12.2. The van der Waals surface area contributed by atoms with Crippen LogP contribution in [0.25, 0.3) is 11.0 Å². The van der Waals surface area contributed by atoms with Crippen LogP contribution in [-0.2, 0) is 32.5 Å². The first-order chi connectivity index (χ1) is 14.4. The van der Waals surface area contributed by atoms with Gasteiger partial charge in [0.05, 0.1) is 29.1 Å². The molecule has 1 N–H and O–H groups in total. The van der Waals surface area contributed by atoms with Gasteiger partial charge < -0.3 is 14.6 Å². The number of rotatable bonds is 9. The highest BCUT2D eigenvalue weighted by molar-refractivity contribution is 7.89. The number of carbonyl (C=O) groups is 1. The van der Waals surface area contributed by atoms with Crippen LogP contribution in [0.4, 0.5) is 0 Å². The molecule has 0 atom stereocenters. The normalized spacial score (nSPS) is 15.7. The molecule has 0 spiro atoms. The molecule has 1 aromatic carbocycles. The van der Waals surface area contributed by atoms with E-state index < -0.39 is 10.0 Å². The predicted molar refractivity (Wildman–Crippen MR) is 116 cm³/mol. The van der Waals surface area contributed by atoms with E-state index >= 15 is 0 Å². The highest BCUT2D eigenvalue weighted by Gasteiger charge is 2.27.